The highest BCUT2D eigenvalue weighted by molar-refractivity contribution is 7.98. The Morgan fingerprint density at radius 3 is 2.62 bits per heavy atom. The van der Waals surface area contributed by atoms with Gasteiger partial charge in [0, 0.05) is 16.2 Å². The van der Waals surface area contributed by atoms with Gasteiger partial charge in [0.1, 0.15) is 0 Å². The van der Waals surface area contributed by atoms with Gasteiger partial charge in [0.05, 0.1) is 22.2 Å². The molecule has 0 saturated carbocycles. The second kappa shape index (κ2) is 6.17. The second-order valence-electron chi connectivity index (χ2n) is 4.58. The lowest BCUT2D eigenvalue weighted by Crippen LogP contribution is -1.85. The van der Waals surface area contributed by atoms with E-state index in [1.54, 1.807) is 11.8 Å². The molecule has 0 spiro atoms. The van der Waals surface area contributed by atoms with Crippen LogP contribution < -0.4 is 0 Å². The average Bonchev–Trinajstić information content (AvgIpc) is 2.53. The lowest BCUT2D eigenvalue weighted by molar-refractivity contribution is 1.18. The number of aromatic nitrogens is 1. The van der Waals surface area contributed by atoms with Crippen LogP contribution in [0.1, 0.15) is 11.1 Å². The predicted molar refractivity (Wildman–Crippen MR) is 87.5 cm³/mol. The van der Waals surface area contributed by atoms with E-state index in [0.717, 1.165) is 26.7 Å². The van der Waals surface area contributed by atoms with Crippen molar-refractivity contribution < 1.29 is 0 Å². The second-order valence-corrected chi connectivity index (χ2v) is 6.02. The van der Waals surface area contributed by atoms with E-state index in [1.807, 2.05) is 54.6 Å². The Kier molecular flexibility index (Phi) is 4.10. The molecule has 0 unspecified atom stereocenters. The maximum Gasteiger partial charge on any atom is 0.0991 e. The van der Waals surface area contributed by atoms with E-state index in [0.29, 0.717) is 5.56 Å². The molecule has 1 aromatic heterocycles. The number of nitriles is 1. The molecule has 21 heavy (non-hydrogen) atoms. The molecule has 102 valence electrons. The number of halogens is 1. The van der Waals surface area contributed by atoms with Gasteiger partial charge >= 0.3 is 0 Å². The van der Waals surface area contributed by atoms with Crippen LogP contribution in [0.2, 0.25) is 5.02 Å². The summed E-state index contributed by atoms with van der Waals surface area (Å²) in [5.74, 6) is 0.831. The molecule has 0 amide bonds. The van der Waals surface area contributed by atoms with Crippen LogP contribution in [-0.4, -0.2) is 4.98 Å². The number of pyridine rings is 1. The molecule has 1 heterocycles. The molecule has 0 aliphatic heterocycles. The largest absolute Gasteiger partial charge is 0.241 e. The highest BCUT2D eigenvalue weighted by Gasteiger charge is 2.01. The first-order valence-corrected chi connectivity index (χ1v) is 7.79. The van der Waals surface area contributed by atoms with Crippen LogP contribution in [0, 0.1) is 11.3 Å². The molecule has 4 heteroatoms. The Morgan fingerprint density at radius 2 is 1.86 bits per heavy atom. The van der Waals surface area contributed by atoms with Crippen LogP contribution in [0.25, 0.3) is 10.9 Å². The minimum absolute atomic E-state index is 0.685. The summed E-state index contributed by atoms with van der Waals surface area (Å²) >= 11 is 7.65. The average molecular weight is 311 g/mol. The number of thioether (sulfide) groups is 1. The van der Waals surface area contributed by atoms with Gasteiger partial charge in [0.2, 0.25) is 0 Å². The lowest BCUT2D eigenvalue weighted by Gasteiger charge is -2.04. The summed E-state index contributed by atoms with van der Waals surface area (Å²) in [6, 6.07) is 19.5. The molecule has 0 fully saturated rings. The molecule has 2 aromatic carbocycles. The first-order chi connectivity index (χ1) is 10.2. The quantitative estimate of drug-likeness (QED) is 0.635. The van der Waals surface area contributed by atoms with Gasteiger partial charge in [-0.1, -0.05) is 29.8 Å². The fourth-order valence-electron chi connectivity index (χ4n) is 1.99. The van der Waals surface area contributed by atoms with Crippen molar-refractivity contribution in [2.24, 2.45) is 0 Å². The predicted octanol–water partition coefficient (Wildman–Crippen LogP) is 5.05. The molecule has 3 aromatic rings. The third-order valence-corrected chi connectivity index (χ3v) is 4.33. The van der Waals surface area contributed by atoms with Gasteiger partial charge in [-0.3, -0.25) is 0 Å². The van der Waals surface area contributed by atoms with Gasteiger partial charge in [0.15, 0.2) is 0 Å². The van der Waals surface area contributed by atoms with E-state index in [1.165, 1.54) is 5.56 Å². The summed E-state index contributed by atoms with van der Waals surface area (Å²) in [4.78, 5) is 4.62. The molecule has 0 atom stereocenters. The van der Waals surface area contributed by atoms with Gasteiger partial charge < -0.3 is 0 Å². The summed E-state index contributed by atoms with van der Waals surface area (Å²) in [6.45, 7) is 0. The maximum atomic E-state index is 8.78. The fourth-order valence-corrected chi connectivity index (χ4v) is 3.01. The Hall–Kier alpha value is -2.02. The number of fused-ring (bicyclic) bond motifs is 1. The zero-order valence-corrected chi connectivity index (χ0v) is 12.7. The van der Waals surface area contributed by atoms with Gasteiger partial charge in [-0.25, -0.2) is 4.98 Å². The fraction of sp³-hybridized carbons (Fsp3) is 0.0588. The standard InChI is InChI=1S/C17H11ClN2S/c18-15-6-7-16-14(9-15)5-8-17(20-16)21-11-13-3-1-12(10-19)2-4-13/h1-9H,11H2. The lowest BCUT2D eigenvalue weighted by atomic mass is 10.2. The van der Waals surface area contributed by atoms with Crippen LogP contribution in [0.4, 0.5) is 0 Å². The van der Waals surface area contributed by atoms with E-state index < -0.39 is 0 Å². The molecular formula is C17H11ClN2S. The van der Waals surface area contributed by atoms with E-state index in [2.05, 4.69) is 11.1 Å². The Balaban J connectivity index is 1.75. The van der Waals surface area contributed by atoms with Crippen molar-refractivity contribution in [2.45, 2.75) is 10.8 Å². The van der Waals surface area contributed by atoms with Crippen LogP contribution in [-0.2, 0) is 5.75 Å². The van der Waals surface area contributed by atoms with E-state index in [4.69, 9.17) is 16.9 Å². The Morgan fingerprint density at radius 1 is 1.05 bits per heavy atom. The Labute approximate surface area is 132 Å². The maximum absolute atomic E-state index is 8.78. The molecular weight excluding hydrogens is 300 g/mol. The van der Waals surface area contributed by atoms with Crippen molar-refractivity contribution in [1.82, 2.24) is 4.98 Å². The van der Waals surface area contributed by atoms with Crippen molar-refractivity contribution in [3.63, 3.8) is 0 Å². The van der Waals surface area contributed by atoms with Crippen molar-refractivity contribution >= 4 is 34.3 Å². The van der Waals surface area contributed by atoms with Crippen molar-refractivity contribution in [3.8, 4) is 6.07 Å². The van der Waals surface area contributed by atoms with Crippen LogP contribution in [0.15, 0.2) is 59.6 Å². The monoisotopic (exact) mass is 310 g/mol. The smallest absolute Gasteiger partial charge is 0.0991 e. The summed E-state index contributed by atoms with van der Waals surface area (Å²) in [6.07, 6.45) is 0. The van der Waals surface area contributed by atoms with E-state index in [9.17, 15) is 0 Å². The summed E-state index contributed by atoms with van der Waals surface area (Å²) in [5, 5.41) is 11.5. The topological polar surface area (TPSA) is 36.7 Å². The number of hydrogen-bond donors (Lipinski definition) is 0. The summed E-state index contributed by atoms with van der Waals surface area (Å²) in [5.41, 5.74) is 2.81. The molecule has 2 nitrogen and oxygen atoms in total. The molecule has 0 saturated heterocycles. The van der Waals surface area contributed by atoms with Gasteiger partial charge in [-0.15, -0.1) is 11.8 Å². The molecule has 0 N–H and O–H groups in total. The van der Waals surface area contributed by atoms with Crippen molar-refractivity contribution in [1.29, 1.82) is 5.26 Å². The molecule has 0 radical (unpaired) electrons. The number of hydrogen-bond acceptors (Lipinski definition) is 3. The van der Waals surface area contributed by atoms with E-state index >= 15 is 0 Å². The third kappa shape index (κ3) is 3.36. The molecule has 0 bridgehead atoms. The highest BCUT2D eigenvalue weighted by atomic mass is 35.5. The zero-order chi connectivity index (χ0) is 14.7. The number of rotatable bonds is 3. The van der Waals surface area contributed by atoms with Crippen LogP contribution in [0.5, 0.6) is 0 Å². The van der Waals surface area contributed by atoms with Crippen LogP contribution >= 0.6 is 23.4 Å². The molecule has 0 aliphatic rings. The van der Waals surface area contributed by atoms with Crippen molar-refractivity contribution in [2.75, 3.05) is 0 Å². The number of benzene rings is 2. The minimum Gasteiger partial charge on any atom is -0.241 e. The third-order valence-electron chi connectivity index (χ3n) is 3.10. The normalized spacial score (nSPS) is 10.5. The summed E-state index contributed by atoms with van der Waals surface area (Å²) in [7, 11) is 0. The first-order valence-electron chi connectivity index (χ1n) is 6.43. The van der Waals surface area contributed by atoms with Crippen molar-refractivity contribution in [3.05, 3.63) is 70.7 Å². The van der Waals surface area contributed by atoms with Gasteiger partial charge in [-0.2, -0.15) is 5.26 Å². The molecule has 0 aliphatic carbocycles. The van der Waals surface area contributed by atoms with Crippen LogP contribution in [0.3, 0.4) is 0 Å². The minimum atomic E-state index is 0.685. The van der Waals surface area contributed by atoms with Gasteiger partial charge in [0.25, 0.3) is 0 Å². The van der Waals surface area contributed by atoms with E-state index in [-0.39, 0.29) is 0 Å². The van der Waals surface area contributed by atoms with Gasteiger partial charge in [-0.05, 0) is 42.0 Å². The molecule has 3 rings (SSSR count). The zero-order valence-electron chi connectivity index (χ0n) is 11.1. The Bertz CT molecular complexity index is 822. The number of nitrogens with zero attached hydrogens (tertiary/aromatic N) is 2. The SMILES string of the molecule is N#Cc1ccc(CSc2ccc3cc(Cl)ccc3n2)cc1. The summed E-state index contributed by atoms with van der Waals surface area (Å²) < 4.78 is 0. The first kappa shape index (κ1) is 13.9. The highest BCUT2D eigenvalue weighted by Crippen LogP contribution is 2.25.